The van der Waals surface area contributed by atoms with Crippen molar-refractivity contribution in [3.8, 4) is 23.0 Å². The molecule has 0 aliphatic carbocycles. The van der Waals surface area contributed by atoms with Crippen molar-refractivity contribution in [1.29, 1.82) is 0 Å². The number of phenols is 2. The van der Waals surface area contributed by atoms with E-state index in [1.54, 1.807) is 0 Å². The molecule has 0 saturated carbocycles. The molecule has 6 rings (SSSR count). The summed E-state index contributed by atoms with van der Waals surface area (Å²) in [6, 6.07) is 18.0. The highest BCUT2D eigenvalue weighted by Gasteiger charge is 2.46. The van der Waals surface area contributed by atoms with Crippen LogP contribution in [0.3, 0.4) is 0 Å². The van der Waals surface area contributed by atoms with Gasteiger partial charge in [-0.05, 0) is 110 Å². The molecule has 2 atom stereocenters. The number of aromatic hydroxyl groups is 2. The predicted octanol–water partition coefficient (Wildman–Crippen LogP) is 18.4. The highest BCUT2D eigenvalue weighted by molar-refractivity contribution is 7.42. The van der Waals surface area contributed by atoms with Gasteiger partial charge in [-0.1, -0.05) is 201 Å². The first kappa shape index (κ1) is 61.0. The average Bonchev–Trinajstić information content (AvgIpc) is 3.27. The van der Waals surface area contributed by atoms with Crippen molar-refractivity contribution in [3.63, 3.8) is 0 Å². The van der Waals surface area contributed by atoms with Gasteiger partial charge < -0.3 is 37.4 Å². The molecule has 0 bridgehead atoms. The monoisotopic (exact) mass is 1070 g/mol. The summed E-state index contributed by atoms with van der Waals surface area (Å²) in [6.07, 6.45) is 3.44. The normalized spacial score (nSPS) is 19.9. The summed E-state index contributed by atoms with van der Waals surface area (Å²) in [4.78, 5) is 0. The van der Waals surface area contributed by atoms with Gasteiger partial charge in [0, 0.05) is 39.7 Å². The van der Waals surface area contributed by atoms with Crippen LogP contribution in [0.15, 0.2) is 48.5 Å². The first-order valence-electron chi connectivity index (χ1n) is 28.1. The van der Waals surface area contributed by atoms with Crippen molar-refractivity contribution in [2.24, 2.45) is 29.1 Å². The van der Waals surface area contributed by atoms with Gasteiger partial charge in [-0.25, -0.2) is 0 Å². The van der Waals surface area contributed by atoms with Crippen molar-refractivity contribution in [3.05, 3.63) is 115 Å². The highest BCUT2D eigenvalue weighted by atomic mass is 31.2. The molecule has 2 aliphatic heterocycles. The van der Waals surface area contributed by atoms with E-state index in [0.29, 0.717) is 61.6 Å². The maximum Gasteiger partial charge on any atom is 0.397 e. The highest BCUT2D eigenvalue weighted by Crippen LogP contribution is 2.57. The lowest BCUT2D eigenvalue weighted by Gasteiger charge is -2.42. The van der Waals surface area contributed by atoms with E-state index in [-0.39, 0.29) is 33.5 Å². The van der Waals surface area contributed by atoms with Gasteiger partial charge in [-0.15, -0.1) is 0 Å². The molecule has 2 aliphatic rings. The average molecular weight is 1070 g/mol. The van der Waals surface area contributed by atoms with Crippen LogP contribution in [0.2, 0.25) is 0 Å². The number of hydrogen-bond donors (Lipinski definition) is 2. The Morgan fingerprint density at radius 1 is 0.427 bits per heavy atom. The van der Waals surface area contributed by atoms with Gasteiger partial charge in [0.05, 0.1) is 31.8 Å². The Labute approximate surface area is 457 Å². The molecule has 0 radical (unpaired) electrons. The molecule has 2 fully saturated rings. The SMILES string of the molecule is CC(C)Cc1cc(C(C)c2cc(CC(C)C)cc(C(C)(C)C)c2OP2OCC3(COP(Oc4c(CC(C)C)cc(C(C)(C)C)cc4C(C)c4cc(C(C)(C)C)cc(CC(C)C)c4O)OC3)CO2)c(O)c(C(C)(C)C)c1. The Kier molecular flexibility index (Phi) is 19.2. The summed E-state index contributed by atoms with van der Waals surface area (Å²) >= 11 is 0. The van der Waals surface area contributed by atoms with Crippen LogP contribution in [0.25, 0.3) is 0 Å². The van der Waals surface area contributed by atoms with Crippen molar-refractivity contribution in [2.75, 3.05) is 26.4 Å². The summed E-state index contributed by atoms with van der Waals surface area (Å²) in [5, 5.41) is 24.2. The van der Waals surface area contributed by atoms with Crippen LogP contribution in [0, 0.1) is 29.1 Å². The number of phenolic OH excluding ortho intramolecular Hbond substituents is 2. The summed E-state index contributed by atoms with van der Waals surface area (Å²) in [7, 11) is -3.59. The van der Waals surface area contributed by atoms with E-state index in [2.05, 4.69) is 201 Å². The minimum atomic E-state index is -1.80. The quantitative estimate of drug-likeness (QED) is 0.107. The second-order valence-corrected chi connectivity index (χ2v) is 30.6. The molecule has 8 nitrogen and oxygen atoms in total. The van der Waals surface area contributed by atoms with E-state index in [1.807, 2.05) is 0 Å². The summed E-state index contributed by atoms with van der Waals surface area (Å²) < 4.78 is 40.5. The van der Waals surface area contributed by atoms with E-state index in [1.165, 1.54) is 22.3 Å². The second-order valence-electron chi connectivity index (χ2n) is 28.3. The third-order valence-electron chi connectivity index (χ3n) is 14.8. The van der Waals surface area contributed by atoms with Gasteiger partial charge in [-0.2, -0.15) is 0 Å². The zero-order valence-corrected chi connectivity index (χ0v) is 52.3. The van der Waals surface area contributed by atoms with Gasteiger partial charge in [-0.3, -0.25) is 0 Å². The number of hydrogen-bond acceptors (Lipinski definition) is 8. The molecule has 2 unspecified atom stereocenters. The largest absolute Gasteiger partial charge is 0.507 e. The Morgan fingerprint density at radius 3 is 1.21 bits per heavy atom. The summed E-state index contributed by atoms with van der Waals surface area (Å²) in [5.74, 6) is 3.54. The molecular formula is C65H98O8P2. The van der Waals surface area contributed by atoms with E-state index in [4.69, 9.17) is 27.1 Å². The minimum absolute atomic E-state index is 0.108. The Morgan fingerprint density at radius 2 is 0.787 bits per heavy atom. The lowest BCUT2D eigenvalue weighted by molar-refractivity contribution is -0.0674. The van der Waals surface area contributed by atoms with Crippen LogP contribution in [0.4, 0.5) is 0 Å². The number of rotatable bonds is 16. The Bertz CT molecular complexity index is 2580. The molecule has 0 amide bonds. The molecule has 2 heterocycles. The van der Waals surface area contributed by atoms with Crippen LogP contribution in [0.1, 0.15) is 231 Å². The van der Waals surface area contributed by atoms with Crippen LogP contribution >= 0.6 is 17.2 Å². The third-order valence-corrected chi connectivity index (χ3v) is 16.8. The van der Waals surface area contributed by atoms with E-state index >= 15 is 0 Å². The van der Waals surface area contributed by atoms with Crippen LogP contribution in [-0.2, 0) is 65.4 Å². The Balaban J connectivity index is 1.30. The lowest BCUT2D eigenvalue weighted by Crippen LogP contribution is -2.45. The molecule has 2 N–H and O–H groups in total. The van der Waals surface area contributed by atoms with Crippen LogP contribution < -0.4 is 9.05 Å². The summed E-state index contributed by atoms with van der Waals surface area (Å²) in [6.45, 7) is 50.3. The Hall–Kier alpha value is -3.22. The third kappa shape index (κ3) is 15.1. The van der Waals surface area contributed by atoms with E-state index in [9.17, 15) is 10.2 Å². The molecule has 1 spiro atoms. The van der Waals surface area contributed by atoms with Crippen molar-refractivity contribution < 1.29 is 37.4 Å². The fourth-order valence-electron chi connectivity index (χ4n) is 10.4. The van der Waals surface area contributed by atoms with Crippen molar-refractivity contribution >= 4 is 17.2 Å². The maximum absolute atomic E-state index is 12.1. The molecule has 4 aromatic rings. The maximum atomic E-state index is 12.1. The zero-order valence-electron chi connectivity index (χ0n) is 50.5. The van der Waals surface area contributed by atoms with E-state index < -0.39 is 22.6 Å². The van der Waals surface area contributed by atoms with Gasteiger partial charge >= 0.3 is 17.2 Å². The van der Waals surface area contributed by atoms with Crippen LogP contribution in [-0.4, -0.2) is 36.6 Å². The standard InChI is InChI=1S/C65H98O8P2/c1-39(2)23-45-27-51(58(67)55(29-45)63(17,18)19)43(9)53-28-46(24-40(3)4)30-56(64(20,21)22)60(53)73-75-70-37-65(38-71-75)35-68-74(69-36-65)72-59-48(26-42(7)8)32-50(62(14,15)16)34-54(59)44(10)52-33-49(61(11,12)13)31-47(57(52)66)25-41(5)6/h27-34,39-44,66-67H,23-26,35-38H2,1-22H3. The van der Waals surface area contributed by atoms with Crippen molar-refractivity contribution in [2.45, 2.75) is 212 Å². The predicted molar refractivity (Wildman–Crippen MR) is 314 cm³/mol. The lowest BCUT2D eigenvalue weighted by atomic mass is 9.77. The fourth-order valence-corrected chi connectivity index (χ4v) is 13.0. The van der Waals surface area contributed by atoms with Crippen LogP contribution in [0.5, 0.6) is 23.0 Å². The zero-order chi connectivity index (χ0) is 55.9. The first-order chi connectivity index (χ1) is 34.6. The molecule has 416 valence electrons. The smallest absolute Gasteiger partial charge is 0.397 e. The molecular weight excluding hydrogens is 971 g/mol. The van der Waals surface area contributed by atoms with Gasteiger partial charge in [0.2, 0.25) is 0 Å². The van der Waals surface area contributed by atoms with Gasteiger partial charge in [0.15, 0.2) is 0 Å². The molecule has 4 aromatic carbocycles. The second kappa shape index (κ2) is 23.6. The van der Waals surface area contributed by atoms with E-state index in [0.717, 1.165) is 81.7 Å². The minimum Gasteiger partial charge on any atom is -0.507 e. The molecule has 0 aromatic heterocycles. The topological polar surface area (TPSA) is 95.8 Å². The van der Waals surface area contributed by atoms with Gasteiger partial charge in [0.25, 0.3) is 0 Å². The number of benzene rings is 4. The van der Waals surface area contributed by atoms with Crippen molar-refractivity contribution in [1.82, 2.24) is 0 Å². The molecule has 75 heavy (non-hydrogen) atoms. The fraction of sp³-hybridized carbons (Fsp3) is 0.631. The molecule has 10 heteroatoms. The first-order valence-corrected chi connectivity index (χ1v) is 30.3. The van der Waals surface area contributed by atoms with Gasteiger partial charge in [0.1, 0.15) is 23.0 Å². The molecule has 2 saturated heterocycles. The summed E-state index contributed by atoms with van der Waals surface area (Å²) in [5.41, 5.74) is 11.6.